The lowest BCUT2D eigenvalue weighted by atomic mass is 10.0. The van der Waals surface area contributed by atoms with E-state index in [1.54, 1.807) is 0 Å². The molecule has 1 unspecified atom stereocenters. The topological polar surface area (TPSA) is 130 Å². The largest absolute Gasteiger partial charge is 0.615 e. The summed E-state index contributed by atoms with van der Waals surface area (Å²) in [5.41, 5.74) is 1.00. The normalized spacial score (nSPS) is 28.5. The molecule has 2 aliphatic rings. The van der Waals surface area contributed by atoms with Gasteiger partial charge in [-0.2, -0.15) is 0 Å². The highest BCUT2D eigenvalue weighted by atomic mass is 32.2. The van der Waals surface area contributed by atoms with Crippen molar-refractivity contribution in [1.29, 1.82) is 0 Å². The second kappa shape index (κ2) is 8.93. The summed E-state index contributed by atoms with van der Waals surface area (Å²) in [5.74, 6) is -2.77. The lowest BCUT2D eigenvalue weighted by Gasteiger charge is -2.27. The highest BCUT2D eigenvalue weighted by molar-refractivity contribution is 7.92. The smallest absolute Gasteiger partial charge is 0.331 e. The van der Waals surface area contributed by atoms with Gasteiger partial charge in [0.05, 0.1) is 6.04 Å². The molecule has 152 valence electrons. The van der Waals surface area contributed by atoms with E-state index in [0.717, 1.165) is 5.56 Å². The third kappa shape index (κ3) is 4.48. The molecule has 2 aliphatic heterocycles. The molecule has 3 N–H and O–H groups in total. The minimum absolute atomic E-state index is 0.0746. The first-order valence-corrected chi connectivity index (χ1v) is 10.7. The van der Waals surface area contributed by atoms with Crippen LogP contribution in [-0.2, 0) is 32.0 Å². The second-order valence-corrected chi connectivity index (χ2v) is 8.81. The molecule has 2 heterocycles. The van der Waals surface area contributed by atoms with Gasteiger partial charge in [0, 0.05) is 6.42 Å². The Balaban J connectivity index is 1.71. The summed E-state index contributed by atoms with van der Waals surface area (Å²) in [7, 11) is 0. The van der Waals surface area contributed by atoms with Gasteiger partial charge in [-0.05, 0) is 42.4 Å². The Hall–Kier alpha value is -2.10. The van der Waals surface area contributed by atoms with Gasteiger partial charge in [0.25, 0.3) is 0 Å². The van der Waals surface area contributed by atoms with Gasteiger partial charge in [-0.3, -0.25) is 19.8 Å². The van der Waals surface area contributed by atoms with Crippen molar-refractivity contribution in [3.8, 4) is 0 Å². The van der Waals surface area contributed by atoms with E-state index in [0.29, 0.717) is 32.1 Å². The number of amides is 1. The molecule has 0 bridgehead atoms. The SMILES string of the molecule is O=C(O)C(CCc1ccccc1)N[C@H]1CCC[C@H]2N(C1=O)[C@H](C(=O)O)C[S@@+]2[O-]. The van der Waals surface area contributed by atoms with Gasteiger partial charge in [-0.25, -0.2) is 4.79 Å². The number of fused-ring (bicyclic) bond motifs is 1. The molecule has 1 aromatic carbocycles. The number of aryl methyl sites for hydroxylation is 1. The fourth-order valence-corrected chi connectivity index (χ4v) is 5.63. The second-order valence-electron chi connectivity index (χ2n) is 7.17. The molecule has 1 aromatic rings. The zero-order valence-electron chi connectivity index (χ0n) is 15.3. The first kappa shape index (κ1) is 20.6. The number of carbonyl (C=O) groups is 3. The van der Waals surface area contributed by atoms with Crippen LogP contribution in [0.15, 0.2) is 30.3 Å². The van der Waals surface area contributed by atoms with Gasteiger partial charge < -0.3 is 14.8 Å². The van der Waals surface area contributed by atoms with Crippen LogP contribution in [0.5, 0.6) is 0 Å². The molecule has 8 nitrogen and oxygen atoms in total. The maximum absolute atomic E-state index is 13.0. The minimum Gasteiger partial charge on any atom is -0.615 e. The van der Waals surface area contributed by atoms with E-state index < -0.39 is 52.5 Å². The molecule has 0 spiro atoms. The van der Waals surface area contributed by atoms with Gasteiger partial charge in [0.15, 0.2) is 11.4 Å². The summed E-state index contributed by atoms with van der Waals surface area (Å²) >= 11 is -1.41. The lowest BCUT2D eigenvalue weighted by molar-refractivity contribution is -0.150. The van der Waals surface area contributed by atoms with Crippen LogP contribution in [0.4, 0.5) is 0 Å². The predicted molar refractivity (Wildman–Crippen MR) is 102 cm³/mol. The summed E-state index contributed by atoms with van der Waals surface area (Å²) in [6.07, 6.45) is 2.28. The molecule has 3 rings (SSSR count). The average molecular weight is 408 g/mol. The van der Waals surface area contributed by atoms with Crippen molar-refractivity contribution in [1.82, 2.24) is 10.2 Å². The molecule has 0 radical (unpaired) electrons. The highest BCUT2D eigenvalue weighted by Gasteiger charge is 2.52. The van der Waals surface area contributed by atoms with Crippen molar-refractivity contribution >= 4 is 29.0 Å². The van der Waals surface area contributed by atoms with Crippen molar-refractivity contribution in [3.63, 3.8) is 0 Å². The molecule has 0 aromatic heterocycles. The van der Waals surface area contributed by atoms with Crippen LogP contribution < -0.4 is 5.32 Å². The quantitative estimate of drug-likeness (QED) is 0.563. The summed E-state index contributed by atoms with van der Waals surface area (Å²) in [4.78, 5) is 37.4. The van der Waals surface area contributed by atoms with E-state index in [1.165, 1.54) is 4.90 Å². The molecule has 1 amide bonds. The number of benzene rings is 1. The Morgan fingerprint density at radius 1 is 1.25 bits per heavy atom. The van der Waals surface area contributed by atoms with E-state index in [4.69, 9.17) is 0 Å². The Bertz CT molecular complexity index is 730. The number of carbonyl (C=O) groups excluding carboxylic acids is 1. The third-order valence-electron chi connectivity index (χ3n) is 5.32. The number of hydrogen-bond donors (Lipinski definition) is 3. The van der Waals surface area contributed by atoms with Crippen molar-refractivity contribution in [2.45, 2.75) is 55.6 Å². The minimum atomic E-state index is -1.41. The number of carboxylic acids is 2. The van der Waals surface area contributed by atoms with E-state index in [2.05, 4.69) is 5.32 Å². The summed E-state index contributed by atoms with van der Waals surface area (Å²) in [6.45, 7) is 0. The van der Waals surface area contributed by atoms with Gasteiger partial charge in [-0.15, -0.1) is 0 Å². The van der Waals surface area contributed by atoms with Crippen molar-refractivity contribution in [2.24, 2.45) is 0 Å². The van der Waals surface area contributed by atoms with E-state index in [1.807, 2.05) is 30.3 Å². The van der Waals surface area contributed by atoms with Crippen LogP contribution >= 0.6 is 0 Å². The number of nitrogens with one attached hydrogen (secondary N) is 1. The number of carboxylic acid groups (broad SMARTS) is 2. The van der Waals surface area contributed by atoms with Gasteiger partial charge in [0.2, 0.25) is 5.91 Å². The summed E-state index contributed by atoms with van der Waals surface area (Å²) in [5, 5.41) is 21.3. The molecular formula is C19H24N2O6S. The van der Waals surface area contributed by atoms with Crippen LogP contribution in [0, 0.1) is 0 Å². The highest BCUT2D eigenvalue weighted by Crippen LogP contribution is 2.31. The monoisotopic (exact) mass is 408 g/mol. The average Bonchev–Trinajstić information content (AvgIpc) is 2.91. The van der Waals surface area contributed by atoms with Crippen LogP contribution in [0.2, 0.25) is 0 Å². The Morgan fingerprint density at radius 3 is 2.61 bits per heavy atom. The van der Waals surface area contributed by atoms with E-state index >= 15 is 0 Å². The summed E-state index contributed by atoms with van der Waals surface area (Å²) in [6, 6.07) is 6.64. The molecule has 28 heavy (non-hydrogen) atoms. The predicted octanol–water partition coefficient (Wildman–Crippen LogP) is 0.585. The Kier molecular flexibility index (Phi) is 6.58. The van der Waals surface area contributed by atoms with Crippen molar-refractivity contribution in [3.05, 3.63) is 35.9 Å². The number of rotatable bonds is 7. The molecule has 2 fully saturated rings. The zero-order valence-corrected chi connectivity index (χ0v) is 16.1. The zero-order chi connectivity index (χ0) is 20.3. The Morgan fingerprint density at radius 2 is 1.96 bits per heavy atom. The number of nitrogens with zero attached hydrogens (tertiary/aromatic N) is 1. The lowest BCUT2D eigenvalue weighted by Crippen LogP contribution is -2.55. The maximum atomic E-state index is 13.0. The fourth-order valence-electron chi connectivity index (χ4n) is 3.86. The van der Waals surface area contributed by atoms with E-state index in [9.17, 15) is 29.1 Å². The molecule has 0 saturated carbocycles. The number of hydrogen-bond acceptors (Lipinski definition) is 5. The van der Waals surface area contributed by atoms with Crippen LogP contribution in [-0.4, -0.2) is 66.8 Å². The van der Waals surface area contributed by atoms with Gasteiger partial charge >= 0.3 is 11.9 Å². The Labute approximate surface area is 166 Å². The molecule has 0 aliphatic carbocycles. The molecular weight excluding hydrogens is 384 g/mol. The van der Waals surface area contributed by atoms with Gasteiger partial charge in [-0.1, -0.05) is 30.3 Å². The first-order valence-electron chi connectivity index (χ1n) is 9.33. The molecule has 9 heteroatoms. The molecule has 2 saturated heterocycles. The van der Waals surface area contributed by atoms with Gasteiger partial charge in [0.1, 0.15) is 11.8 Å². The molecule has 5 atom stereocenters. The van der Waals surface area contributed by atoms with E-state index in [-0.39, 0.29) is 5.75 Å². The standard InChI is InChI=1S/C19H24N2O6S/c22-17-13(7-4-8-16-21(17)15(19(25)26)11-28(16)27)20-14(18(23)24)10-9-12-5-2-1-3-6-12/h1-3,5-6,13-16,20H,4,7-11H2,(H,23,24)(H,25,26)/t13-,14?,15-,16-,28+/m0/s1. The van der Waals surface area contributed by atoms with Crippen LogP contribution in [0.1, 0.15) is 31.2 Å². The first-order chi connectivity index (χ1) is 13.4. The van der Waals surface area contributed by atoms with Crippen LogP contribution in [0.25, 0.3) is 0 Å². The fraction of sp³-hybridized carbons (Fsp3) is 0.526. The van der Waals surface area contributed by atoms with Crippen molar-refractivity contribution in [2.75, 3.05) is 5.75 Å². The van der Waals surface area contributed by atoms with Crippen LogP contribution in [0.3, 0.4) is 0 Å². The number of aliphatic carboxylic acids is 2. The maximum Gasteiger partial charge on any atom is 0.331 e. The summed E-state index contributed by atoms with van der Waals surface area (Å²) < 4.78 is 12.3. The van der Waals surface area contributed by atoms with Crippen molar-refractivity contribution < 1.29 is 29.1 Å². The third-order valence-corrected chi connectivity index (χ3v) is 7.03.